The lowest BCUT2D eigenvalue weighted by Crippen LogP contribution is -2.30. The number of carbonyl (C=O) groups is 3. The Morgan fingerprint density at radius 3 is 0.843 bits per heavy atom. The molecule has 412 valence electrons. The molecule has 70 heavy (non-hydrogen) atoms. The number of allylic oxidation sites excluding steroid dienone is 4. The van der Waals surface area contributed by atoms with E-state index in [-0.39, 0.29) is 31.1 Å². The van der Waals surface area contributed by atoms with Gasteiger partial charge >= 0.3 is 17.9 Å². The highest BCUT2D eigenvalue weighted by molar-refractivity contribution is 5.71. The van der Waals surface area contributed by atoms with E-state index in [1.54, 1.807) is 0 Å². The van der Waals surface area contributed by atoms with Crippen LogP contribution >= 0.6 is 0 Å². The van der Waals surface area contributed by atoms with Crippen molar-refractivity contribution in [2.45, 2.75) is 354 Å². The molecule has 0 saturated heterocycles. The smallest absolute Gasteiger partial charge is 0.306 e. The summed E-state index contributed by atoms with van der Waals surface area (Å²) in [6.07, 6.45) is 71.1. The van der Waals surface area contributed by atoms with Gasteiger partial charge in [0.25, 0.3) is 0 Å². The second-order valence-corrected chi connectivity index (χ2v) is 21.3. The van der Waals surface area contributed by atoms with Crippen molar-refractivity contribution in [1.82, 2.24) is 0 Å². The van der Waals surface area contributed by atoms with E-state index < -0.39 is 6.10 Å². The Kier molecular flexibility index (Phi) is 57.7. The molecule has 0 aliphatic heterocycles. The van der Waals surface area contributed by atoms with Gasteiger partial charge in [-0.15, -0.1) is 0 Å². The minimum atomic E-state index is -0.772. The van der Waals surface area contributed by atoms with Gasteiger partial charge in [-0.25, -0.2) is 0 Å². The zero-order valence-corrected chi connectivity index (χ0v) is 47.3. The number of hydrogen-bond acceptors (Lipinski definition) is 6. The summed E-state index contributed by atoms with van der Waals surface area (Å²) < 4.78 is 16.7. The summed E-state index contributed by atoms with van der Waals surface area (Å²) in [5.41, 5.74) is 0. The van der Waals surface area contributed by atoms with Gasteiger partial charge in [0.2, 0.25) is 0 Å². The van der Waals surface area contributed by atoms with Crippen LogP contribution in [0.5, 0.6) is 0 Å². The maximum atomic E-state index is 12.7. The van der Waals surface area contributed by atoms with Gasteiger partial charge in [0.05, 0.1) is 0 Å². The molecule has 0 aromatic heterocycles. The highest BCUT2D eigenvalue weighted by Crippen LogP contribution is 2.18. The molecule has 0 fully saturated rings. The Bertz CT molecular complexity index is 1130. The lowest BCUT2D eigenvalue weighted by Gasteiger charge is -2.18. The Balaban J connectivity index is 3.86. The summed E-state index contributed by atoms with van der Waals surface area (Å²) in [6, 6.07) is 0. The van der Waals surface area contributed by atoms with Gasteiger partial charge in [0, 0.05) is 19.3 Å². The Hall–Kier alpha value is -2.11. The van der Waals surface area contributed by atoms with Gasteiger partial charge < -0.3 is 14.2 Å². The van der Waals surface area contributed by atoms with Gasteiger partial charge in [-0.3, -0.25) is 14.4 Å². The van der Waals surface area contributed by atoms with Gasteiger partial charge in [-0.1, -0.05) is 308 Å². The zero-order chi connectivity index (χ0) is 50.7. The van der Waals surface area contributed by atoms with E-state index in [0.29, 0.717) is 19.3 Å². The molecule has 6 nitrogen and oxygen atoms in total. The molecule has 0 spiro atoms. The van der Waals surface area contributed by atoms with Crippen LogP contribution in [-0.4, -0.2) is 37.2 Å². The predicted octanol–water partition coefficient (Wildman–Crippen LogP) is 21.1. The molecule has 0 amide bonds. The number of ether oxygens (including phenoxy) is 3. The van der Waals surface area contributed by atoms with Crippen LogP contribution in [0.3, 0.4) is 0 Å². The summed E-state index contributed by atoms with van der Waals surface area (Å²) in [6.45, 7) is 6.55. The first-order valence-electron chi connectivity index (χ1n) is 31.3. The summed E-state index contributed by atoms with van der Waals surface area (Å²) in [5, 5.41) is 0. The van der Waals surface area contributed by atoms with Crippen molar-refractivity contribution in [1.29, 1.82) is 0 Å². The lowest BCUT2D eigenvalue weighted by molar-refractivity contribution is -0.167. The monoisotopic (exact) mass is 985 g/mol. The molecule has 0 N–H and O–H groups in total. The van der Waals surface area contributed by atoms with E-state index in [1.807, 2.05) is 0 Å². The van der Waals surface area contributed by atoms with Crippen molar-refractivity contribution in [3.8, 4) is 0 Å². The maximum Gasteiger partial charge on any atom is 0.306 e. The van der Waals surface area contributed by atoms with Crippen molar-refractivity contribution < 1.29 is 28.6 Å². The first-order chi connectivity index (χ1) is 34.5. The highest BCUT2D eigenvalue weighted by Gasteiger charge is 2.19. The molecular weight excluding hydrogens is 865 g/mol. The molecule has 1 atom stereocenters. The van der Waals surface area contributed by atoms with Crippen LogP contribution in [0.2, 0.25) is 0 Å². The molecule has 0 rings (SSSR count). The molecule has 0 aromatic carbocycles. The van der Waals surface area contributed by atoms with E-state index in [9.17, 15) is 14.4 Å². The maximum absolute atomic E-state index is 12.7. The first-order valence-corrected chi connectivity index (χ1v) is 31.3. The fourth-order valence-electron chi connectivity index (χ4n) is 9.48. The molecule has 0 saturated carbocycles. The molecule has 0 aliphatic carbocycles. The molecular formula is C64H120O6. The van der Waals surface area contributed by atoms with E-state index in [4.69, 9.17) is 14.2 Å². The van der Waals surface area contributed by atoms with Crippen LogP contribution < -0.4 is 0 Å². The molecule has 0 radical (unpaired) electrons. The summed E-state index contributed by atoms with van der Waals surface area (Å²) in [5.74, 6) is -0.881. The van der Waals surface area contributed by atoms with E-state index >= 15 is 0 Å². The molecule has 0 bridgehead atoms. The minimum Gasteiger partial charge on any atom is -0.462 e. The van der Waals surface area contributed by atoms with Gasteiger partial charge in [0.1, 0.15) is 13.2 Å². The summed E-state index contributed by atoms with van der Waals surface area (Å²) in [7, 11) is 0. The minimum absolute atomic E-state index is 0.0730. The van der Waals surface area contributed by atoms with Crippen LogP contribution in [-0.2, 0) is 28.6 Å². The summed E-state index contributed by atoms with van der Waals surface area (Å²) in [4.78, 5) is 37.8. The van der Waals surface area contributed by atoms with Crippen molar-refractivity contribution in [3.05, 3.63) is 24.3 Å². The first kappa shape index (κ1) is 67.9. The number of hydrogen-bond donors (Lipinski definition) is 0. The van der Waals surface area contributed by atoms with Crippen LogP contribution in [0.4, 0.5) is 0 Å². The predicted molar refractivity (Wildman–Crippen MR) is 303 cm³/mol. The van der Waals surface area contributed by atoms with Crippen LogP contribution in [0.1, 0.15) is 348 Å². The van der Waals surface area contributed by atoms with Crippen LogP contribution in [0.15, 0.2) is 24.3 Å². The number of esters is 3. The third-order valence-electron chi connectivity index (χ3n) is 14.2. The van der Waals surface area contributed by atoms with Crippen molar-refractivity contribution in [3.63, 3.8) is 0 Å². The van der Waals surface area contributed by atoms with Crippen molar-refractivity contribution in [2.75, 3.05) is 13.2 Å². The fraction of sp³-hybridized carbons (Fsp3) is 0.891. The van der Waals surface area contributed by atoms with E-state index in [0.717, 1.165) is 89.9 Å². The SMILES string of the molecule is CCC/C=C\C/C=C\CCCCCCCC(=O)OC(COC(=O)CCCCCCCC)COC(=O)CCCCCCCCCCCCCCCCCCCCCCCCCCCCCCCCCCC. The van der Waals surface area contributed by atoms with Crippen LogP contribution in [0.25, 0.3) is 0 Å². The average molecular weight is 986 g/mol. The fourth-order valence-corrected chi connectivity index (χ4v) is 9.48. The molecule has 0 aliphatic rings. The Labute approximate surface area is 436 Å². The van der Waals surface area contributed by atoms with E-state index in [2.05, 4.69) is 45.1 Å². The molecule has 6 heteroatoms. The number of unbranched alkanes of at least 4 members (excludes halogenated alkanes) is 43. The second-order valence-electron chi connectivity index (χ2n) is 21.3. The molecule has 0 heterocycles. The number of rotatable bonds is 58. The average Bonchev–Trinajstić information content (AvgIpc) is 3.36. The highest BCUT2D eigenvalue weighted by atomic mass is 16.6. The zero-order valence-electron chi connectivity index (χ0n) is 47.3. The van der Waals surface area contributed by atoms with Gasteiger partial charge in [-0.05, 0) is 44.9 Å². The molecule has 1 unspecified atom stereocenters. The Morgan fingerprint density at radius 1 is 0.286 bits per heavy atom. The van der Waals surface area contributed by atoms with Gasteiger partial charge in [-0.2, -0.15) is 0 Å². The lowest BCUT2D eigenvalue weighted by atomic mass is 10.0. The second kappa shape index (κ2) is 59.5. The third kappa shape index (κ3) is 56.8. The largest absolute Gasteiger partial charge is 0.462 e. The van der Waals surface area contributed by atoms with Crippen molar-refractivity contribution in [2.24, 2.45) is 0 Å². The Morgan fingerprint density at radius 2 is 0.543 bits per heavy atom. The number of carbonyl (C=O) groups excluding carboxylic acids is 3. The molecule has 0 aromatic rings. The standard InChI is InChI=1S/C64H120O6/c1-4-7-10-13-16-18-20-22-23-24-25-26-27-28-29-30-31-32-33-34-35-36-37-38-39-40-41-43-44-46-48-51-54-57-63(66)69-60-61(59-68-62(65)56-53-50-15-12-9-6-3)70-64(67)58-55-52-49-47-45-42-21-19-17-14-11-8-5-2/h11,14,19,21,61H,4-10,12-13,15-18,20,22-60H2,1-3H3/b14-11-,21-19-. The van der Waals surface area contributed by atoms with Crippen LogP contribution in [0, 0.1) is 0 Å². The van der Waals surface area contributed by atoms with Crippen molar-refractivity contribution >= 4 is 17.9 Å². The normalized spacial score (nSPS) is 12.1. The van der Waals surface area contributed by atoms with Gasteiger partial charge in [0.15, 0.2) is 6.10 Å². The van der Waals surface area contributed by atoms with E-state index in [1.165, 1.54) is 218 Å². The topological polar surface area (TPSA) is 78.9 Å². The third-order valence-corrected chi connectivity index (χ3v) is 14.2. The quantitative estimate of drug-likeness (QED) is 0.0261. The summed E-state index contributed by atoms with van der Waals surface area (Å²) >= 11 is 0.